The number of halogens is 3. The fraction of sp³-hybridized carbons (Fsp3) is 0.500. The first-order chi connectivity index (χ1) is 4.11. The molecule has 1 nitrogen and oxygen atoms in total. The van der Waals surface area contributed by atoms with Crippen molar-refractivity contribution in [3.8, 4) is 0 Å². The van der Waals surface area contributed by atoms with Crippen LogP contribution in [0.15, 0.2) is 11.6 Å². The summed E-state index contributed by atoms with van der Waals surface area (Å²) in [6.07, 6.45) is -3.02. The Kier molecular flexibility index (Phi) is 1.61. The highest BCUT2D eigenvalue weighted by molar-refractivity contribution is 8.03. The Balaban J connectivity index is 2.46. The van der Waals surface area contributed by atoms with E-state index in [0.717, 1.165) is 0 Å². The molecule has 1 rings (SSSR count). The normalized spacial score (nSPS) is 26.3. The molecule has 0 saturated heterocycles. The van der Waals surface area contributed by atoms with E-state index in [1.807, 2.05) is 0 Å². The number of hydrogen-bond acceptors (Lipinski definition) is 1. The van der Waals surface area contributed by atoms with Crippen molar-refractivity contribution in [3.63, 3.8) is 0 Å². The van der Waals surface area contributed by atoms with Crippen molar-refractivity contribution in [1.29, 1.82) is 0 Å². The van der Waals surface area contributed by atoms with E-state index >= 15 is 0 Å². The van der Waals surface area contributed by atoms with Gasteiger partial charge in [0.15, 0.2) is 5.37 Å². The monoisotopic (exact) mass is 154 g/mol. The Morgan fingerprint density at radius 1 is 1.44 bits per heavy atom. The smallest absolute Gasteiger partial charge is 0.268 e. The summed E-state index contributed by atoms with van der Waals surface area (Å²) in [5.41, 5.74) is 0. The molecule has 1 atom stereocenters. The van der Waals surface area contributed by atoms with Gasteiger partial charge in [-0.05, 0) is 5.41 Å². The highest BCUT2D eigenvalue weighted by Crippen LogP contribution is 2.32. The highest BCUT2D eigenvalue weighted by atomic mass is 32.2. The molecular formula is C4H3F3NS. The van der Waals surface area contributed by atoms with Gasteiger partial charge in [-0.1, -0.05) is 11.8 Å². The average molecular weight is 154 g/mol. The standard InChI is InChI=1S/C4H3F3NS/c5-4(6,7)3-8-1-2-9-3/h1-3H. The van der Waals surface area contributed by atoms with Crippen molar-refractivity contribution in [1.82, 2.24) is 5.32 Å². The van der Waals surface area contributed by atoms with Gasteiger partial charge in [0.25, 0.3) is 0 Å². The van der Waals surface area contributed by atoms with Gasteiger partial charge >= 0.3 is 6.18 Å². The Bertz CT molecular complexity index is 122. The molecule has 1 unspecified atom stereocenters. The predicted molar refractivity (Wildman–Crippen MR) is 28.7 cm³/mol. The largest absolute Gasteiger partial charge is 0.420 e. The third-order valence-corrected chi connectivity index (χ3v) is 1.70. The minimum atomic E-state index is -4.19. The van der Waals surface area contributed by atoms with E-state index in [1.54, 1.807) is 0 Å². The first kappa shape index (κ1) is 6.80. The summed E-state index contributed by atoms with van der Waals surface area (Å²) in [4.78, 5) is 0. The van der Waals surface area contributed by atoms with Gasteiger partial charge in [0.1, 0.15) is 0 Å². The van der Waals surface area contributed by atoms with E-state index in [2.05, 4.69) is 5.32 Å². The van der Waals surface area contributed by atoms with Crippen molar-refractivity contribution in [2.45, 2.75) is 11.6 Å². The van der Waals surface area contributed by atoms with E-state index in [1.165, 1.54) is 11.6 Å². The molecule has 1 radical (unpaired) electrons. The van der Waals surface area contributed by atoms with Crippen LogP contribution >= 0.6 is 11.8 Å². The van der Waals surface area contributed by atoms with Crippen LogP contribution in [0, 0.1) is 0 Å². The van der Waals surface area contributed by atoms with Gasteiger partial charge in [-0.2, -0.15) is 13.2 Å². The van der Waals surface area contributed by atoms with Gasteiger partial charge in [0.05, 0.1) is 0 Å². The van der Waals surface area contributed by atoms with Gasteiger partial charge in [0, 0.05) is 6.20 Å². The zero-order valence-corrected chi connectivity index (χ0v) is 5.04. The summed E-state index contributed by atoms with van der Waals surface area (Å²) in [5, 5.41) is 2.94. The van der Waals surface area contributed by atoms with Crippen LogP contribution in [0.2, 0.25) is 0 Å². The minimum absolute atomic E-state index is 0.677. The zero-order valence-electron chi connectivity index (χ0n) is 4.22. The molecule has 0 N–H and O–H groups in total. The maximum Gasteiger partial charge on any atom is 0.420 e. The summed E-state index contributed by atoms with van der Waals surface area (Å²) in [5.74, 6) is 0. The maximum absolute atomic E-state index is 11.6. The summed E-state index contributed by atoms with van der Waals surface area (Å²) in [7, 11) is 0. The van der Waals surface area contributed by atoms with E-state index in [4.69, 9.17) is 0 Å². The van der Waals surface area contributed by atoms with Crippen LogP contribution in [0.3, 0.4) is 0 Å². The van der Waals surface area contributed by atoms with Gasteiger partial charge in [-0.15, -0.1) is 0 Å². The van der Waals surface area contributed by atoms with Crippen LogP contribution in [0.5, 0.6) is 0 Å². The number of hydrogen-bond donors (Lipinski definition) is 0. The zero-order chi connectivity index (χ0) is 6.91. The lowest BCUT2D eigenvalue weighted by Crippen LogP contribution is -2.29. The fourth-order valence-corrected chi connectivity index (χ4v) is 1.00. The summed E-state index contributed by atoms with van der Waals surface area (Å²) in [6, 6.07) is 0. The number of alkyl halides is 3. The highest BCUT2D eigenvalue weighted by Gasteiger charge is 2.41. The first-order valence-electron chi connectivity index (χ1n) is 2.18. The van der Waals surface area contributed by atoms with Crippen LogP contribution in [0.1, 0.15) is 0 Å². The Labute approximate surface area is 54.3 Å². The van der Waals surface area contributed by atoms with Crippen LogP contribution in [0.4, 0.5) is 13.2 Å². The van der Waals surface area contributed by atoms with E-state index in [-0.39, 0.29) is 0 Å². The van der Waals surface area contributed by atoms with Crippen LogP contribution in [0.25, 0.3) is 0 Å². The van der Waals surface area contributed by atoms with E-state index < -0.39 is 11.6 Å². The number of thioether (sulfide) groups is 1. The van der Waals surface area contributed by atoms with Gasteiger partial charge in [-0.25, -0.2) is 0 Å². The number of rotatable bonds is 0. The predicted octanol–water partition coefficient (Wildman–Crippen LogP) is 1.70. The molecule has 1 aliphatic heterocycles. The van der Waals surface area contributed by atoms with Crippen molar-refractivity contribution < 1.29 is 13.2 Å². The second-order valence-corrected chi connectivity index (χ2v) is 2.46. The molecule has 9 heavy (non-hydrogen) atoms. The molecule has 0 aromatic heterocycles. The molecule has 0 amide bonds. The molecule has 1 aliphatic rings. The molecule has 1 heterocycles. The number of nitrogens with zero attached hydrogens (tertiary/aromatic N) is 1. The maximum atomic E-state index is 11.6. The Morgan fingerprint density at radius 2 is 2.11 bits per heavy atom. The minimum Gasteiger partial charge on any atom is -0.268 e. The third kappa shape index (κ3) is 1.54. The van der Waals surface area contributed by atoms with Crippen molar-refractivity contribution in [2.75, 3.05) is 0 Å². The third-order valence-electron chi connectivity index (χ3n) is 0.770. The molecule has 0 bridgehead atoms. The molecule has 0 spiro atoms. The second-order valence-electron chi connectivity index (χ2n) is 1.46. The Morgan fingerprint density at radius 3 is 2.33 bits per heavy atom. The lowest BCUT2D eigenvalue weighted by Gasteiger charge is -2.10. The van der Waals surface area contributed by atoms with Gasteiger partial charge < -0.3 is 0 Å². The molecule has 0 aromatic carbocycles. The first-order valence-corrected chi connectivity index (χ1v) is 3.12. The molecular weight excluding hydrogens is 151 g/mol. The average Bonchev–Trinajstić information content (AvgIpc) is 2.08. The lowest BCUT2D eigenvalue weighted by molar-refractivity contribution is -0.132. The molecule has 0 aromatic rings. The second kappa shape index (κ2) is 2.13. The topological polar surface area (TPSA) is 14.1 Å². The summed E-state index contributed by atoms with van der Waals surface area (Å²) >= 11 is 0.677. The molecule has 51 valence electrons. The molecule has 0 aliphatic carbocycles. The van der Waals surface area contributed by atoms with Crippen LogP contribution < -0.4 is 5.32 Å². The SMILES string of the molecule is FC(F)(F)C1[N]C=CS1. The molecule has 0 fully saturated rings. The van der Waals surface area contributed by atoms with E-state index in [9.17, 15) is 13.2 Å². The molecule has 5 heteroatoms. The van der Waals surface area contributed by atoms with Crippen molar-refractivity contribution in [2.24, 2.45) is 0 Å². The summed E-state index contributed by atoms with van der Waals surface area (Å²) < 4.78 is 34.8. The van der Waals surface area contributed by atoms with E-state index in [0.29, 0.717) is 11.8 Å². The van der Waals surface area contributed by atoms with Crippen LogP contribution in [-0.2, 0) is 0 Å². The summed E-state index contributed by atoms with van der Waals surface area (Å²) in [6.45, 7) is 0. The van der Waals surface area contributed by atoms with Crippen molar-refractivity contribution >= 4 is 11.8 Å². The van der Waals surface area contributed by atoms with Gasteiger partial charge in [0.2, 0.25) is 0 Å². The fourth-order valence-electron chi connectivity index (χ4n) is 0.420. The quantitative estimate of drug-likeness (QED) is 0.518. The lowest BCUT2D eigenvalue weighted by atomic mass is 10.6. The molecule has 0 saturated carbocycles. The van der Waals surface area contributed by atoms with Crippen LogP contribution in [-0.4, -0.2) is 11.6 Å². The Hall–Kier alpha value is -0.320. The van der Waals surface area contributed by atoms with Gasteiger partial charge in [-0.3, -0.25) is 5.32 Å². The van der Waals surface area contributed by atoms with Crippen molar-refractivity contribution in [3.05, 3.63) is 11.6 Å².